The van der Waals surface area contributed by atoms with Crippen LogP contribution in [0.5, 0.6) is 0 Å². The van der Waals surface area contributed by atoms with Crippen LogP contribution in [0.25, 0.3) is 0 Å². The van der Waals surface area contributed by atoms with Crippen molar-refractivity contribution in [3.05, 3.63) is 71.8 Å². The minimum absolute atomic E-state index is 0.0734. The van der Waals surface area contributed by atoms with E-state index in [9.17, 15) is 9.59 Å². The van der Waals surface area contributed by atoms with E-state index in [4.69, 9.17) is 5.11 Å². The molecule has 0 radical (unpaired) electrons. The zero-order valence-corrected chi connectivity index (χ0v) is 13.4. The van der Waals surface area contributed by atoms with Crippen molar-refractivity contribution in [2.75, 3.05) is 13.2 Å². The monoisotopic (exact) mass is 326 g/mol. The van der Waals surface area contributed by atoms with Gasteiger partial charge in [-0.15, -0.1) is 0 Å². The summed E-state index contributed by atoms with van der Waals surface area (Å²) in [6.45, 7) is -0.0138. The number of benzene rings is 2. The van der Waals surface area contributed by atoms with E-state index in [-0.39, 0.29) is 31.0 Å². The number of amides is 2. The summed E-state index contributed by atoms with van der Waals surface area (Å²) in [5.74, 6) is -0.538. The Morgan fingerprint density at radius 3 is 2.21 bits per heavy atom. The molecule has 0 heterocycles. The van der Waals surface area contributed by atoms with Crippen molar-refractivity contribution >= 4 is 11.8 Å². The summed E-state index contributed by atoms with van der Waals surface area (Å²) in [5, 5.41) is 14.6. The Labute approximate surface area is 141 Å². The third-order valence-electron chi connectivity index (χ3n) is 3.63. The van der Waals surface area contributed by atoms with Crippen LogP contribution in [0.4, 0.5) is 0 Å². The van der Waals surface area contributed by atoms with Crippen LogP contribution in [-0.2, 0) is 4.79 Å². The number of hydrogen-bond donors (Lipinski definition) is 3. The van der Waals surface area contributed by atoms with Crippen LogP contribution in [0.3, 0.4) is 0 Å². The van der Waals surface area contributed by atoms with Gasteiger partial charge in [0.15, 0.2) is 0 Å². The third kappa shape index (κ3) is 5.52. The molecule has 0 aromatic heterocycles. The standard InChI is InChI=1S/C19H22N2O3/c22-13-7-12-17(15-8-3-1-4-9-15)21-18(23)14-20-19(24)16-10-5-2-6-11-16/h1-6,8-11,17,22H,7,12-14H2,(H,20,24)(H,21,23). The Balaban J connectivity index is 1.89. The first-order valence-electron chi connectivity index (χ1n) is 7.99. The molecule has 0 aliphatic carbocycles. The van der Waals surface area contributed by atoms with Gasteiger partial charge in [0.1, 0.15) is 0 Å². The first kappa shape index (κ1) is 17.7. The minimum atomic E-state index is -0.280. The smallest absolute Gasteiger partial charge is 0.251 e. The number of aliphatic hydroxyl groups excluding tert-OH is 1. The van der Waals surface area contributed by atoms with Crippen molar-refractivity contribution in [1.29, 1.82) is 0 Å². The Kier molecular flexibility index (Phi) is 6.98. The topological polar surface area (TPSA) is 78.4 Å². The van der Waals surface area contributed by atoms with Crippen LogP contribution in [0, 0.1) is 0 Å². The molecule has 0 fully saturated rings. The van der Waals surface area contributed by atoms with Crippen LogP contribution in [-0.4, -0.2) is 30.1 Å². The molecule has 0 bridgehead atoms. The second kappa shape index (κ2) is 9.47. The van der Waals surface area contributed by atoms with E-state index in [1.54, 1.807) is 24.3 Å². The molecule has 0 saturated heterocycles. The lowest BCUT2D eigenvalue weighted by Gasteiger charge is -2.19. The van der Waals surface area contributed by atoms with E-state index in [0.29, 0.717) is 18.4 Å². The Bertz CT molecular complexity index is 644. The lowest BCUT2D eigenvalue weighted by Crippen LogP contribution is -2.38. The highest BCUT2D eigenvalue weighted by Crippen LogP contribution is 2.17. The van der Waals surface area contributed by atoms with E-state index in [1.807, 2.05) is 36.4 Å². The molecule has 0 aliphatic heterocycles. The van der Waals surface area contributed by atoms with Crippen LogP contribution in [0.1, 0.15) is 34.8 Å². The summed E-state index contributed by atoms with van der Waals surface area (Å²) in [6, 6.07) is 18.2. The van der Waals surface area contributed by atoms with Gasteiger partial charge in [-0.05, 0) is 30.5 Å². The molecule has 2 amide bonds. The molecule has 0 aliphatic rings. The van der Waals surface area contributed by atoms with Crippen LogP contribution in [0.15, 0.2) is 60.7 Å². The van der Waals surface area contributed by atoms with Crippen molar-refractivity contribution in [2.24, 2.45) is 0 Å². The number of nitrogens with one attached hydrogen (secondary N) is 2. The fraction of sp³-hybridized carbons (Fsp3) is 0.263. The molecule has 0 saturated carbocycles. The molecule has 5 heteroatoms. The van der Waals surface area contributed by atoms with Crippen LogP contribution in [0.2, 0.25) is 0 Å². The first-order valence-corrected chi connectivity index (χ1v) is 7.99. The number of hydrogen-bond acceptors (Lipinski definition) is 3. The van der Waals surface area contributed by atoms with Gasteiger partial charge in [-0.1, -0.05) is 48.5 Å². The molecule has 1 atom stereocenters. The fourth-order valence-corrected chi connectivity index (χ4v) is 2.40. The maximum atomic E-state index is 12.1. The summed E-state index contributed by atoms with van der Waals surface area (Å²) < 4.78 is 0. The van der Waals surface area contributed by atoms with Gasteiger partial charge in [0.2, 0.25) is 5.91 Å². The molecule has 2 rings (SSSR count). The summed E-state index contributed by atoms with van der Waals surface area (Å²) in [7, 11) is 0. The van der Waals surface area contributed by atoms with Crippen molar-refractivity contribution in [3.8, 4) is 0 Å². The van der Waals surface area contributed by atoms with Gasteiger partial charge < -0.3 is 15.7 Å². The van der Waals surface area contributed by atoms with Gasteiger partial charge in [0, 0.05) is 12.2 Å². The predicted octanol–water partition coefficient (Wildman–Crippen LogP) is 2.05. The summed E-state index contributed by atoms with van der Waals surface area (Å²) >= 11 is 0. The number of carbonyl (C=O) groups is 2. The van der Waals surface area contributed by atoms with Crippen molar-refractivity contribution < 1.29 is 14.7 Å². The number of aliphatic hydroxyl groups is 1. The van der Waals surface area contributed by atoms with Gasteiger partial charge >= 0.3 is 0 Å². The lowest BCUT2D eigenvalue weighted by molar-refractivity contribution is -0.120. The second-order valence-electron chi connectivity index (χ2n) is 5.45. The number of rotatable bonds is 8. The summed E-state index contributed by atoms with van der Waals surface area (Å²) in [6.07, 6.45) is 1.23. The van der Waals surface area contributed by atoms with Gasteiger partial charge in [-0.3, -0.25) is 9.59 Å². The highest BCUT2D eigenvalue weighted by Gasteiger charge is 2.15. The van der Waals surface area contributed by atoms with Gasteiger partial charge in [0.25, 0.3) is 5.91 Å². The highest BCUT2D eigenvalue weighted by molar-refractivity contribution is 5.96. The fourth-order valence-electron chi connectivity index (χ4n) is 2.40. The zero-order chi connectivity index (χ0) is 17.2. The third-order valence-corrected chi connectivity index (χ3v) is 3.63. The van der Waals surface area contributed by atoms with Crippen molar-refractivity contribution in [3.63, 3.8) is 0 Å². The molecule has 5 nitrogen and oxygen atoms in total. The Morgan fingerprint density at radius 2 is 1.58 bits per heavy atom. The number of carbonyl (C=O) groups excluding carboxylic acids is 2. The Morgan fingerprint density at radius 1 is 0.958 bits per heavy atom. The molecule has 0 spiro atoms. The molecule has 24 heavy (non-hydrogen) atoms. The Hall–Kier alpha value is -2.66. The van der Waals surface area contributed by atoms with Gasteiger partial charge in [-0.2, -0.15) is 0 Å². The van der Waals surface area contributed by atoms with Crippen LogP contribution >= 0.6 is 0 Å². The molecule has 1 unspecified atom stereocenters. The average molecular weight is 326 g/mol. The molecular weight excluding hydrogens is 304 g/mol. The SMILES string of the molecule is O=C(CNC(=O)c1ccccc1)NC(CCCO)c1ccccc1. The van der Waals surface area contributed by atoms with Gasteiger partial charge in [-0.25, -0.2) is 0 Å². The molecule has 3 N–H and O–H groups in total. The van der Waals surface area contributed by atoms with Crippen molar-refractivity contribution in [1.82, 2.24) is 10.6 Å². The van der Waals surface area contributed by atoms with E-state index in [2.05, 4.69) is 10.6 Å². The van der Waals surface area contributed by atoms with Crippen LogP contribution < -0.4 is 10.6 Å². The molecule has 2 aromatic carbocycles. The molecular formula is C19H22N2O3. The lowest BCUT2D eigenvalue weighted by atomic mass is 10.0. The molecule has 126 valence electrons. The van der Waals surface area contributed by atoms with E-state index >= 15 is 0 Å². The summed E-state index contributed by atoms with van der Waals surface area (Å²) in [5.41, 5.74) is 1.50. The normalized spacial score (nSPS) is 11.5. The average Bonchev–Trinajstić information content (AvgIpc) is 2.64. The van der Waals surface area contributed by atoms with E-state index < -0.39 is 0 Å². The van der Waals surface area contributed by atoms with Gasteiger partial charge in [0.05, 0.1) is 12.6 Å². The first-order chi connectivity index (χ1) is 11.7. The van der Waals surface area contributed by atoms with E-state index in [1.165, 1.54) is 0 Å². The zero-order valence-electron chi connectivity index (χ0n) is 13.4. The summed E-state index contributed by atoms with van der Waals surface area (Å²) in [4.78, 5) is 24.1. The second-order valence-corrected chi connectivity index (χ2v) is 5.45. The largest absolute Gasteiger partial charge is 0.396 e. The predicted molar refractivity (Wildman–Crippen MR) is 92.4 cm³/mol. The van der Waals surface area contributed by atoms with Crippen molar-refractivity contribution in [2.45, 2.75) is 18.9 Å². The minimum Gasteiger partial charge on any atom is -0.396 e. The molecule has 2 aromatic rings. The van der Waals surface area contributed by atoms with E-state index in [0.717, 1.165) is 5.56 Å². The highest BCUT2D eigenvalue weighted by atomic mass is 16.3. The maximum Gasteiger partial charge on any atom is 0.251 e. The maximum absolute atomic E-state index is 12.1. The quantitative estimate of drug-likeness (QED) is 0.695.